The number of primary amides is 1. The van der Waals surface area contributed by atoms with E-state index in [0.717, 1.165) is 0 Å². The quantitative estimate of drug-likeness (QED) is 0.649. The van der Waals surface area contributed by atoms with E-state index >= 15 is 0 Å². The Morgan fingerprint density at radius 3 is 2.06 bits per heavy atom. The van der Waals surface area contributed by atoms with Crippen molar-refractivity contribution in [2.24, 2.45) is 5.73 Å². The summed E-state index contributed by atoms with van der Waals surface area (Å²) in [4.78, 5) is 19.9. The van der Waals surface area contributed by atoms with Gasteiger partial charge in [-0.15, -0.1) is 0 Å². The lowest BCUT2D eigenvalue weighted by molar-refractivity contribution is -0.384. The Morgan fingerprint density at radius 2 is 1.76 bits per heavy atom. The average molecular weight is 240 g/mol. The molecule has 0 heterocycles. The third-order valence-corrected chi connectivity index (χ3v) is 1.77. The van der Waals surface area contributed by atoms with Crippen LogP contribution in [0.25, 0.3) is 0 Å². The van der Waals surface area contributed by atoms with E-state index in [9.17, 15) is 14.9 Å². The highest BCUT2D eigenvalue weighted by Gasteiger charge is 2.05. The van der Waals surface area contributed by atoms with Crippen molar-refractivity contribution in [1.29, 1.82) is 0 Å². The maximum atomic E-state index is 10.3. The fourth-order valence-corrected chi connectivity index (χ4v) is 0.752. The lowest BCUT2D eigenvalue weighted by Gasteiger charge is -1.98. The van der Waals surface area contributed by atoms with Crippen molar-refractivity contribution in [1.82, 2.24) is 0 Å². The molecule has 0 saturated heterocycles. The van der Waals surface area contributed by atoms with Gasteiger partial charge in [0.25, 0.3) is 5.69 Å². The highest BCUT2D eigenvalue weighted by atomic mass is 16.6. The molecule has 6 nitrogen and oxygen atoms in total. The molecule has 0 bridgehead atoms. The number of ether oxygens (including phenoxy) is 1. The summed E-state index contributed by atoms with van der Waals surface area (Å²) in [6.45, 7) is 4.36. The fourth-order valence-electron chi connectivity index (χ4n) is 0.752. The number of nitrogens with zero attached hydrogens (tertiary/aromatic N) is 1. The Morgan fingerprint density at radius 1 is 1.29 bits per heavy atom. The van der Waals surface area contributed by atoms with E-state index in [1.54, 1.807) is 0 Å². The van der Waals surface area contributed by atoms with Gasteiger partial charge in [0.2, 0.25) is 0 Å². The Hall–Kier alpha value is -2.11. The number of non-ortho nitro benzene ring substituents is 1. The molecule has 0 spiro atoms. The zero-order chi connectivity index (χ0) is 13.3. The van der Waals surface area contributed by atoms with E-state index < -0.39 is 11.0 Å². The first-order chi connectivity index (χ1) is 8.01. The third kappa shape index (κ3) is 6.88. The molecular formula is C11H16N2O4. The summed E-state index contributed by atoms with van der Waals surface area (Å²) < 4.78 is 4.47. The zero-order valence-electron chi connectivity index (χ0n) is 9.88. The van der Waals surface area contributed by atoms with Gasteiger partial charge < -0.3 is 10.5 Å². The van der Waals surface area contributed by atoms with Gasteiger partial charge in [-0.2, -0.15) is 0 Å². The number of carbonyl (C=O) groups is 1. The topological polar surface area (TPSA) is 95.5 Å². The van der Waals surface area contributed by atoms with Gasteiger partial charge in [0.05, 0.1) is 4.92 Å². The van der Waals surface area contributed by atoms with Crippen molar-refractivity contribution in [3.8, 4) is 5.75 Å². The molecule has 0 unspecified atom stereocenters. The molecular weight excluding hydrogens is 224 g/mol. The first-order valence-electron chi connectivity index (χ1n) is 5.23. The normalized spacial score (nSPS) is 8.82. The monoisotopic (exact) mass is 240 g/mol. The van der Waals surface area contributed by atoms with Crippen LogP contribution in [0.3, 0.4) is 0 Å². The molecule has 17 heavy (non-hydrogen) atoms. The van der Waals surface area contributed by atoms with Crippen LogP contribution in [0.2, 0.25) is 0 Å². The van der Waals surface area contributed by atoms with Crippen molar-refractivity contribution in [2.75, 3.05) is 0 Å². The van der Waals surface area contributed by atoms with Crippen molar-refractivity contribution in [3.05, 3.63) is 34.4 Å². The number of nitrogens with two attached hydrogens (primary N) is 1. The summed E-state index contributed by atoms with van der Waals surface area (Å²) in [5.74, 6) is 0.179. The molecule has 2 N–H and O–H groups in total. The molecule has 0 atom stereocenters. The minimum absolute atomic E-state index is 0.0724. The molecule has 1 rings (SSSR count). The highest BCUT2D eigenvalue weighted by molar-refractivity contribution is 5.68. The van der Waals surface area contributed by atoms with Crippen LogP contribution in [0.5, 0.6) is 5.75 Å². The SMILES string of the molecule is CCCC.NC(=O)Oc1ccc([N+](=O)[O-])cc1. The summed E-state index contributed by atoms with van der Waals surface area (Å²) in [5, 5.41) is 10.2. The van der Waals surface area contributed by atoms with Gasteiger partial charge >= 0.3 is 6.09 Å². The van der Waals surface area contributed by atoms with Gasteiger partial charge in [0.15, 0.2) is 0 Å². The molecule has 6 heteroatoms. The lowest BCUT2D eigenvalue weighted by atomic mass is 10.3. The summed E-state index contributed by atoms with van der Waals surface area (Å²) in [6.07, 6.45) is 1.69. The van der Waals surface area contributed by atoms with Crippen molar-refractivity contribution in [3.63, 3.8) is 0 Å². The number of carbonyl (C=O) groups excluding carboxylic acids is 1. The number of hydrogen-bond acceptors (Lipinski definition) is 4. The molecule has 1 amide bonds. The van der Waals surface area contributed by atoms with Crippen LogP contribution >= 0.6 is 0 Å². The second-order valence-electron chi connectivity index (χ2n) is 3.17. The van der Waals surface area contributed by atoms with Gasteiger partial charge in [0, 0.05) is 12.1 Å². The first kappa shape index (κ1) is 14.9. The average Bonchev–Trinajstić information content (AvgIpc) is 2.29. The van der Waals surface area contributed by atoms with E-state index in [1.165, 1.54) is 37.1 Å². The lowest BCUT2D eigenvalue weighted by Crippen LogP contribution is -2.16. The molecule has 1 aromatic carbocycles. The number of nitro groups is 1. The number of unbranched alkanes of at least 4 members (excludes halogenated alkanes) is 1. The van der Waals surface area contributed by atoms with Crippen molar-refractivity contribution >= 4 is 11.8 Å². The summed E-state index contributed by atoms with van der Waals surface area (Å²) >= 11 is 0. The van der Waals surface area contributed by atoms with Crippen LogP contribution in [0.1, 0.15) is 26.7 Å². The Kier molecular flexibility index (Phi) is 7.09. The van der Waals surface area contributed by atoms with E-state index in [-0.39, 0.29) is 11.4 Å². The molecule has 0 fully saturated rings. The standard InChI is InChI=1S/C7H6N2O4.C4H10/c8-7(10)13-6-3-1-5(2-4-6)9(11)12;1-3-4-2/h1-4H,(H2,8,10);3-4H2,1-2H3. The minimum Gasteiger partial charge on any atom is -0.410 e. The van der Waals surface area contributed by atoms with Crippen LogP contribution in [0.15, 0.2) is 24.3 Å². The van der Waals surface area contributed by atoms with Crippen LogP contribution in [-0.2, 0) is 0 Å². The second kappa shape index (κ2) is 8.09. The first-order valence-corrected chi connectivity index (χ1v) is 5.23. The summed E-state index contributed by atoms with van der Waals surface area (Å²) in [7, 11) is 0. The highest BCUT2D eigenvalue weighted by Crippen LogP contribution is 2.16. The van der Waals surface area contributed by atoms with E-state index in [4.69, 9.17) is 5.73 Å². The van der Waals surface area contributed by atoms with Crippen LogP contribution < -0.4 is 10.5 Å². The minimum atomic E-state index is -0.950. The van der Waals surface area contributed by atoms with Gasteiger partial charge in [0.1, 0.15) is 5.75 Å². The van der Waals surface area contributed by atoms with Crippen molar-refractivity contribution in [2.45, 2.75) is 26.7 Å². The van der Waals surface area contributed by atoms with Gasteiger partial charge in [-0.1, -0.05) is 26.7 Å². The summed E-state index contributed by atoms with van der Waals surface area (Å²) in [6, 6.07) is 5.03. The molecule has 1 aromatic rings. The van der Waals surface area contributed by atoms with Crippen molar-refractivity contribution < 1.29 is 14.5 Å². The number of nitro benzene ring substituents is 1. The fraction of sp³-hybridized carbons (Fsp3) is 0.364. The molecule has 94 valence electrons. The maximum Gasteiger partial charge on any atom is 0.409 e. The van der Waals surface area contributed by atoms with Gasteiger partial charge in [-0.05, 0) is 12.1 Å². The Bertz CT molecular complexity index is 360. The van der Waals surface area contributed by atoms with Crippen LogP contribution in [0, 0.1) is 10.1 Å². The zero-order valence-corrected chi connectivity index (χ0v) is 9.88. The van der Waals surface area contributed by atoms with E-state index in [0.29, 0.717) is 0 Å². The van der Waals surface area contributed by atoms with Crippen LogP contribution in [0.4, 0.5) is 10.5 Å². The molecule has 0 saturated carbocycles. The summed E-state index contributed by atoms with van der Waals surface area (Å²) in [5.41, 5.74) is 4.65. The second-order valence-corrected chi connectivity index (χ2v) is 3.17. The maximum absolute atomic E-state index is 10.3. The van der Waals surface area contributed by atoms with Crippen LogP contribution in [-0.4, -0.2) is 11.0 Å². The smallest absolute Gasteiger partial charge is 0.409 e. The molecule has 0 aliphatic rings. The van der Waals surface area contributed by atoms with Gasteiger partial charge in [-0.3, -0.25) is 10.1 Å². The number of amides is 1. The molecule has 0 aromatic heterocycles. The van der Waals surface area contributed by atoms with Gasteiger partial charge in [-0.25, -0.2) is 4.79 Å². The number of hydrogen-bond donors (Lipinski definition) is 1. The molecule has 0 aliphatic heterocycles. The Labute approximate surface area is 99.5 Å². The predicted octanol–water partition coefficient (Wildman–Crippen LogP) is 2.86. The van der Waals surface area contributed by atoms with E-state index in [1.807, 2.05) is 0 Å². The number of benzene rings is 1. The number of rotatable bonds is 3. The molecule has 0 radical (unpaired) electrons. The third-order valence-electron chi connectivity index (χ3n) is 1.77. The largest absolute Gasteiger partial charge is 0.410 e. The Balaban J connectivity index is 0.000000557. The van der Waals surface area contributed by atoms with E-state index in [2.05, 4.69) is 18.6 Å². The molecule has 0 aliphatic carbocycles. The predicted molar refractivity (Wildman–Crippen MR) is 63.9 cm³/mol.